The van der Waals surface area contributed by atoms with Crippen molar-refractivity contribution in [2.24, 2.45) is 5.41 Å². The third-order valence-electron chi connectivity index (χ3n) is 4.72. The summed E-state index contributed by atoms with van der Waals surface area (Å²) in [5, 5.41) is -1.29. The van der Waals surface area contributed by atoms with Crippen LogP contribution in [0.3, 0.4) is 0 Å². The molecule has 0 spiro atoms. The number of hydrogen-bond acceptors (Lipinski definition) is 5. The molecular weight excluding hydrogens is 351 g/mol. The minimum atomic E-state index is -4.74. The Balaban J connectivity index is 2.09. The zero-order chi connectivity index (χ0) is 19.2. The van der Waals surface area contributed by atoms with Crippen LogP contribution in [0, 0.1) is 5.41 Å². The molecule has 2 saturated heterocycles. The van der Waals surface area contributed by atoms with Gasteiger partial charge in [-0.15, -0.1) is 3.89 Å². The van der Waals surface area contributed by atoms with Crippen molar-refractivity contribution in [3.05, 3.63) is 0 Å². The van der Waals surface area contributed by atoms with Crippen LogP contribution in [0.25, 0.3) is 0 Å². The van der Waals surface area contributed by atoms with Crippen LogP contribution in [-0.4, -0.2) is 66.7 Å². The summed E-state index contributed by atoms with van der Waals surface area (Å²) in [5.74, 6) is -0.352. The molecule has 0 bridgehead atoms. The Morgan fingerprint density at radius 2 is 1.92 bits per heavy atom. The molecule has 2 aliphatic rings. The molecule has 2 fully saturated rings. The van der Waals surface area contributed by atoms with E-state index in [4.69, 9.17) is 4.74 Å². The Hall–Kier alpha value is -1.38. The van der Waals surface area contributed by atoms with Crippen molar-refractivity contribution < 1.29 is 26.6 Å². The highest BCUT2D eigenvalue weighted by atomic mass is 32.3. The highest BCUT2D eigenvalue weighted by Gasteiger charge is 2.48. The van der Waals surface area contributed by atoms with Gasteiger partial charge in [0.25, 0.3) is 0 Å². The summed E-state index contributed by atoms with van der Waals surface area (Å²) in [6, 6.07) is -0.245. The predicted molar refractivity (Wildman–Crippen MR) is 90.1 cm³/mol. The third-order valence-corrected chi connectivity index (χ3v) is 5.83. The van der Waals surface area contributed by atoms with Gasteiger partial charge in [-0.1, -0.05) is 13.8 Å². The first kappa shape index (κ1) is 19.9. The lowest BCUT2D eigenvalue weighted by atomic mass is 9.78. The molecule has 2 rings (SSSR count). The van der Waals surface area contributed by atoms with Gasteiger partial charge in [-0.2, -0.15) is 8.42 Å². The molecule has 0 N–H and O–H groups in total. The first-order valence-corrected chi connectivity index (χ1v) is 9.86. The Morgan fingerprint density at radius 1 is 1.32 bits per heavy atom. The van der Waals surface area contributed by atoms with Gasteiger partial charge in [0.1, 0.15) is 10.9 Å². The number of halogens is 1. The lowest BCUT2D eigenvalue weighted by molar-refractivity contribution is -0.133. The second-order valence-corrected chi connectivity index (χ2v) is 10.2. The van der Waals surface area contributed by atoms with E-state index in [1.807, 2.05) is 13.8 Å². The fourth-order valence-corrected chi connectivity index (χ4v) is 4.27. The maximum Gasteiger partial charge on any atom is 0.410 e. The zero-order valence-corrected chi connectivity index (χ0v) is 16.2. The van der Waals surface area contributed by atoms with Crippen LogP contribution in [-0.2, 0) is 19.8 Å². The van der Waals surface area contributed by atoms with E-state index in [0.29, 0.717) is 19.5 Å². The van der Waals surface area contributed by atoms with E-state index < -0.39 is 32.6 Å². The highest BCUT2D eigenvalue weighted by molar-refractivity contribution is 7.87. The molecule has 0 aliphatic carbocycles. The fourth-order valence-electron chi connectivity index (χ4n) is 3.59. The van der Waals surface area contributed by atoms with Crippen molar-refractivity contribution in [3.8, 4) is 0 Å². The van der Waals surface area contributed by atoms with E-state index in [-0.39, 0.29) is 24.9 Å². The summed E-state index contributed by atoms with van der Waals surface area (Å²) in [5.41, 5.74) is -1.05. The van der Waals surface area contributed by atoms with Crippen molar-refractivity contribution in [1.29, 1.82) is 0 Å². The molecule has 25 heavy (non-hydrogen) atoms. The van der Waals surface area contributed by atoms with Gasteiger partial charge in [-0.3, -0.25) is 4.79 Å². The molecule has 2 aliphatic heterocycles. The number of likely N-dealkylation sites (tertiary alicyclic amines) is 2. The molecule has 2 atom stereocenters. The molecule has 2 unspecified atom stereocenters. The molecule has 0 aromatic heterocycles. The van der Waals surface area contributed by atoms with Crippen molar-refractivity contribution in [3.63, 3.8) is 0 Å². The number of nitrogens with zero attached hydrogens (tertiary/aromatic N) is 2. The van der Waals surface area contributed by atoms with E-state index >= 15 is 0 Å². The first-order chi connectivity index (χ1) is 11.2. The lowest BCUT2D eigenvalue weighted by Crippen LogP contribution is -2.57. The van der Waals surface area contributed by atoms with Gasteiger partial charge in [0.2, 0.25) is 5.91 Å². The number of ether oxygens (including phenoxy) is 1. The normalized spacial score (nSPS) is 27.5. The fraction of sp³-hybridized carbons (Fsp3) is 0.875. The number of hydrogen-bond donors (Lipinski definition) is 0. The van der Waals surface area contributed by atoms with E-state index in [2.05, 4.69) is 0 Å². The summed E-state index contributed by atoms with van der Waals surface area (Å²) in [7, 11) is -4.74. The Morgan fingerprint density at radius 3 is 2.36 bits per heavy atom. The van der Waals surface area contributed by atoms with Crippen molar-refractivity contribution in [1.82, 2.24) is 9.80 Å². The summed E-state index contributed by atoms with van der Waals surface area (Å²) < 4.78 is 40.9. The predicted octanol–water partition coefficient (Wildman–Crippen LogP) is 1.92. The molecule has 2 heterocycles. The molecule has 9 heteroatoms. The number of piperidine rings is 1. The van der Waals surface area contributed by atoms with Crippen molar-refractivity contribution in [2.75, 3.05) is 19.6 Å². The topological polar surface area (TPSA) is 84.0 Å². The molecule has 0 saturated carbocycles. The third kappa shape index (κ3) is 4.62. The van der Waals surface area contributed by atoms with E-state index in [9.17, 15) is 21.9 Å². The SMILES string of the molecule is CC(C)(C)OC(=O)N1CCC(N2CC(S(=O)(=O)F)CC2=O)C(C)(C)C1. The van der Waals surface area contributed by atoms with Gasteiger partial charge in [0, 0.05) is 37.5 Å². The van der Waals surface area contributed by atoms with Crippen molar-refractivity contribution in [2.45, 2.75) is 64.4 Å². The molecular formula is C16H27FN2O5S. The lowest BCUT2D eigenvalue weighted by Gasteiger charge is -2.47. The average molecular weight is 378 g/mol. The average Bonchev–Trinajstić information content (AvgIpc) is 2.77. The van der Waals surface area contributed by atoms with Crippen LogP contribution in [0.2, 0.25) is 0 Å². The van der Waals surface area contributed by atoms with Crippen LogP contribution >= 0.6 is 0 Å². The summed E-state index contributed by atoms with van der Waals surface area (Å²) in [4.78, 5) is 27.6. The van der Waals surface area contributed by atoms with Gasteiger partial charge in [0.15, 0.2) is 0 Å². The van der Waals surface area contributed by atoms with Crippen LogP contribution in [0.15, 0.2) is 0 Å². The van der Waals surface area contributed by atoms with Gasteiger partial charge >= 0.3 is 16.3 Å². The second-order valence-electron chi connectivity index (χ2n) is 8.54. The molecule has 144 valence electrons. The molecule has 0 aromatic carbocycles. The zero-order valence-electron chi connectivity index (χ0n) is 15.4. The summed E-state index contributed by atoms with van der Waals surface area (Å²) >= 11 is 0. The van der Waals surface area contributed by atoms with Crippen LogP contribution in [0.1, 0.15) is 47.5 Å². The maximum atomic E-state index is 13.2. The Labute approximate surface area is 148 Å². The largest absolute Gasteiger partial charge is 0.444 e. The number of carbonyl (C=O) groups is 2. The smallest absolute Gasteiger partial charge is 0.410 e. The maximum absolute atomic E-state index is 13.2. The van der Waals surface area contributed by atoms with Crippen LogP contribution in [0.4, 0.5) is 8.68 Å². The summed E-state index contributed by atoms with van der Waals surface area (Å²) in [6.07, 6.45) is -0.228. The van der Waals surface area contributed by atoms with Gasteiger partial charge < -0.3 is 14.5 Å². The van der Waals surface area contributed by atoms with E-state index in [0.717, 1.165) is 0 Å². The Bertz CT molecular complexity index is 656. The van der Waals surface area contributed by atoms with Crippen molar-refractivity contribution >= 4 is 22.2 Å². The molecule has 7 nitrogen and oxygen atoms in total. The standard InChI is InChI=1S/C16H27FN2O5S/c1-15(2,3)24-14(21)18-7-6-12(16(4,5)10-18)19-9-11(8-13(19)20)25(17,22)23/h11-12H,6-10H2,1-5H3. The Kier molecular flexibility index (Phi) is 5.11. The minimum Gasteiger partial charge on any atom is -0.444 e. The van der Waals surface area contributed by atoms with Crippen LogP contribution in [0.5, 0.6) is 0 Å². The molecule has 0 radical (unpaired) electrons. The summed E-state index contributed by atoms with van der Waals surface area (Å²) in [6.45, 7) is 9.87. The van der Waals surface area contributed by atoms with Crippen LogP contribution < -0.4 is 0 Å². The minimum absolute atomic E-state index is 0.127. The van der Waals surface area contributed by atoms with Gasteiger partial charge in [-0.05, 0) is 27.2 Å². The van der Waals surface area contributed by atoms with Gasteiger partial charge in [-0.25, -0.2) is 4.79 Å². The molecule has 0 aromatic rings. The molecule has 2 amide bonds. The second kappa shape index (κ2) is 6.41. The van der Waals surface area contributed by atoms with Gasteiger partial charge in [0.05, 0.1) is 0 Å². The number of rotatable bonds is 2. The van der Waals surface area contributed by atoms with E-state index in [1.165, 1.54) is 4.90 Å². The highest BCUT2D eigenvalue weighted by Crippen LogP contribution is 2.36. The number of carbonyl (C=O) groups excluding carboxylic acids is 2. The van der Waals surface area contributed by atoms with E-state index in [1.54, 1.807) is 25.7 Å². The first-order valence-electron chi connectivity index (χ1n) is 8.41. The monoisotopic (exact) mass is 378 g/mol. The number of amides is 2. The quantitative estimate of drug-likeness (QED) is 0.686.